The van der Waals surface area contributed by atoms with E-state index in [0.29, 0.717) is 11.3 Å². The summed E-state index contributed by atoms with van der Waals surface area (Å²) in [6, 6.07) is 4.93. The first-order chi connectivity index (χ1) is 12.4. The van der Waals surface area contributed by atoms with Crippen LogP contribution >= 0.6 is 23.2 Å². The molecule has 26 heavy (non-hydrogen) atoms. The van der Waals surface area contributed by atoms with Gasteiger partial charge in [-0.3, -0.25) is 0 Å². The predicted molar refractivity (Wildman–Crippen MR) is 97.8 cm³/mol. The summed E-state index contributed by atoms with van der Waals surface area (Å²) in [5.74, 6) is -2.19. The van der Waals surface area contributed by atoms with E-state index >= 15 is 0 Å². The summed E-state index contributed by atoms with van der Waals surface area (Å²) in [6.07, 6.45) is 0. The Bertz CT molecular complexity index is 801. The van der Waals surface area contributed by atoms with Gasteiger partial charge in [-0.2, -0.15) is 0 Å². The van der Waals surface area contributed by atoms with Gasteiger partial charge in [0.2, 0.25) is 0 Å². The lowest BCUT2D eigenvalue weighted by atomic mass is 9.80. The van der Waals surface area contributed by atoms with Crippen molar-refractivity contribution >= 4 is 35.1 Å². The molecule has 0 amide bonds. The molecule has 0 aromatic heterocycles. The van der Waals surface area contributed by atoms with E-state index in [2.05, 4.69) is 5.32 Å². The highest BCUT2D eigenvalue weighted by Gasteiger charge is 2.39. The summed E-state index contributed by atoms with van der Waals surface area (Å²) in [4.78, 5) is 25.1. The molecule has 0 saturated heterocycles. The SMILES string of the molecule is CCOC(=O)C1=C(CO)NC(C)=C(C(=O)OC)C1c1cccc(Cl)c1Cl. The van der Waals surface area contributed by atoms with Gasteiger partial charge in [-0.25, -0.2) is 9.59 Å². The molecule has 1 unspecified atom stereocenters. The van der Waals surface area contributed by atoms with E-state index < -0.39 is 24.5 Å². The molecule has 6 nitrogen and oxygen atoms in total. The third kappa shape index (κ3) is 3.72. The van der Waals surface area contributed by atoms with Gasteiger partial charge in [-0.1, -0.05) is 35.3 Å². The summed E-state index contributed by atoms with van der Waals surface area (Å²) in [6.45, 7) is 2.99. The highest BCUT2D eigenvalue weighted by Crippen LogP contribution is 2.43. The van der Waals surface area contributed by atoms with Crippen LogP contribution in [-0.2, 0) is 19.1 Å². The molecule has 0 spiro atoms. The number of rotatable bonds is 5. The first-order valence-corrected chi connectivity index (χ1v) is 8.63. The third-order valence-electron chi connectivity index (χ3n) is 4.00. The van der Waals surface area contributed by atoms with Crippen LogP contribution in [0.4, 0.5) is 0 Å². The maximum atomic E-state index is 12.6. The number of nitrogens with one attached hydrogen (secondary N) is 1. The van der Waals surface area contributed by atoms with E-state index in [4.69, 9.17) is 32.7 Å². The second-order valence-corrected chi connectivity index (χ2v) is 6.29. The molecule has 0 aliphatic carbocycles. The molecule has 0 radical (unpaired) electrons. The van der Waals surface area contributed by atoms with Gasteiger partial charge in [0.25, 0.3) is 0 Å². The second kappa shape index (κ2) is 8.58. The Morgan fingerprint density at radius 1 is 1.23 bits per heavy atom. The van der Waals surface area contributed by atoms with Crippen LogP contribution in [0.1, 0.15) is 25.3 Å². The number of ether oxygens (including phenoxy) is 2. The highest BCUT2D eigenvalue weighted by molar-refractivity contribution is 6.42. The lowest BCUT2D eigenvalue weighted by molar-refractivity contribution is -0.139. The van der Waals surface area contributed by atoms with Gasteiger partial charge in [-0.15, -0.1) is 0 Å². The monoisotopic (exact) mass is 399 g/mol. The summed E-state index contributed by atoms with van der Waals surface area (Å²) in [5, 5.41) is 13.1. The summed E-state index contributed by atoms with van der Waals surface area (Å²) in [7, 11) is 1.24. The first-order valence-electron chi connectivity index (χ1n) is 7.88. The van der Waals surface area contributed by atoms with Crippen LogP contribution in [0.3, 0.4) is 0 Å². The molecule has 1 aromatic rings. The molecule has 0 saturated carbocycles. The first kappa shape index (κ1) is 20.3. The van der Waals surface area contributed by atoms with Crippen molar-refractivity contribution in [1.82, 2.24) is 5.32 Å². The van der Waals surface area contributed by atoms with Crippen molar-refractivity contribution in [3.63, 3.8) is 0 Å². The van der Waals surface area contributed by atoms with Crippen molar-refractivity contribution in [2.45, 2.75) is 19.8 Å². The van der Waals surface area contributed by atoms with Crippen LogP contribution < -0.4 is 5.32 Å². The largest absolute Gasteiger partial charge is 0.466 e. The Labute approximate surface area is 161 Å². The minimum Gasteiger partial charge on any atom is -0.466 e. The van der Waals surface area contributed by atoms with E-state index in [1.807, 2.05) is 0 Å². The molecule has 1 aliphatic rings. The minimum absolute atomic E-state index is 0.0875. The van der Waals surface area contributed by atoms with Gasteiger partial charge in [0, 0.05) is 5.70 Å². The number of hydrogen-bond acceptors (Lipinski definition) is 6. The average Bonchev–Trinajstić information content (AvgIpc) is 2.62. The fourth-order valence-electron chi connectivity index (χ4n) is 2.91. The van der Waals surface area contributed by atoms with E-state index in [0.717, 1.165) is 0 Å². The van der Waals surface area contributed by atoms with Crippen molar-refractivity contribution in [2.24, 2.45) is 0 Å². The number of halogens is 2. The lowest BCUT2D eigenvalue weighted by Crippen LogP contribution is -2.34. The van der Waals surface area contributed by atoms with Crippen LogP contribution in [0.25, 0.3) is 0 Å². The maximum Gasteiger partial charge on any atom is 0.336 e. The summed E-state index contributed by atoms with van der Waals surface area (Å²) < 4.78 is 10.0. The number of dihydropyridines is 1. The number of aliphatic hydroxyl groups is 1. The highest BCUT2D eigenvalue weighted by atomic mass is 35.5. The Balaban J connectivity index is 2.78. The van der Waals surface area contributed by atoms with Crippen molar-refractivity contribution in [1.29, 1.82) is 0 Å². The normalized spacial score (nSPS) is 17.1. The average molecular weight is 400 g/mol. The van der Waals surface area contributed by atoms with Crippen molar-refractivity contribution in [2.75, 3.05) is 20.3 Å². The molecule has 8 heteroatoms. The zero-order valence-electron chi connectivity index (χ0n) is 14.6. The fraction of sp³-hybridized carbons (Fsp3) is 0.333. The smallest absolute Gasteiger partial charge is 0.336 e. The molecule has 2 N–H and O–H groups in total. The Hall–Kier alpha value is -2.02. The zero-order chi connectivity index (χ0) is 19.4. The fourth-order valence-corrected chi connectivity index (χ4v) is 3.32. The van der Waals surface area contributed by atoms with Gasteiger partial charge in [0.1, 0.15) is 0 Å². The van der Waals surface area contributed by atoms with E-state index in [1.54, 1.807) is 32.0 Å². The molecule has 140 valence electrons. The number of hydrogen-bond donors (Lipinski definition) is 2. The molecule has 2 rings (SSSR count). The number of benzene rings is 1. The van der Waals surface area contributed by atoms with Crippen LogP contribution in [-0.4, -0.2) is 37.4 Å². The van der Waals surface area contributed by atoms with Crippen molar-refractivity contribution in [3.8, 4) is 0 Å². The van der Waals surface area contributed by atoms with Gasteiger partial charge in [0.15, 0.2) is 0 Å². The molecule has 1 aromatic carbocycles. The van der Waals surface area contributed by atoms with Crippen LogP contribution in [0.15, 0.2) is 40.7 Å². The van der Waals surface area contributed by atoms with Crippen LogP contribution in [0.2, 0.25) is 10.0 Å². The van der Waals surface area contributed by atoms with Crippen LogP contribution in [0, 0.1) is 0 Å². The topological polar surface area (TPSA) is 84.9 Å². The van der Waals surface area contributed by atoms with Gasteiger partial charge in [0.05, 0.1) is 53.1 Å². The van der Waals surface area contributed by atoms with Crippen LogP contribution in [0.5, 0.6) is 0 Å². The van der Waals surface area contributed by atoms with E-state index in [1.165, 1.54) is 7.11 Å². The molecule has 0 bridgehead atoms. The maximum absolute atomic E-state index is 12.6. The minimum atomic E-state index is -0.893. The molecule has 0 fully saturated rings. The number of carbonyl (C=O) groups is 2. The van der Waals surface area contributed by atoms with Crippen molar-refractivity contribution in [3.05, 3.63) is 56.3 Å². The third-order valence-corrected chi connectivity index (χ3v) is 4.83. The number of carbonyl (C=O) groups excluding carboxylic acids is 2. The molecule has 1 atom stereocenters. The molecular formula is C18H19Cl2NO5. The molecule has 1 aliphatic heterocycles. The van der Waals surface area contributed by atoms with Crippen molar-refractivity contribution < 1.29 is 24.2 Å². The number of methoxy groups -OCH3 is 1. The quantitative estimate of drug-likeness (QED) is 0.740. The van der Waals surface area contributed by atoms with Gasteiger partial charge >= 0.3 is 11.9 Å². The molecular weight excluding hydrogens is 381 g/mol. The summed E-state index contributed by atoms with van der Waals surface area (Å²) in [5.41, 5.74) is 1.39. The predicted octanol–water partition coefficient (Wildman–Crippen LogP) is 2.94. The zero-order valence-corrected chi connectivity index (χ0v) is 16.1. The van der Waals surface area contributed by atoms with E-state index in [-0.39, 0.29) is 33.5 Å². The Morgan fingerprint density at radius 3 is 2.50 bits per heavy atom. The number of allylic oxidation sites excluding steroid dienone is 1. The Morgan fingerprint density at radius 2 is 1.92 bits per heavy atom. The van der Waals surface area contributed by atoms with Gasteiger partial charge in [-0.05, 0) is 25.5 Å². The lowest BCUT2D eigenvalue weighted by Gasteiger charge is -2.31. The standard InChI is InChI=1S/C18H19Cl2NO5/c1-4-26-18(24)15-12(8-22)21-9(2)13(17(23)25-3)14(15)10-6-5-7-11(19)16(10)20/h5-7,14,21-22H,4,8H2,1-3H3. The number of esters is 2. The second-order valence-electron chi connectivity index (χ2n) is 5.50. The van der Waals surface area contributed by atoms with E-state index in [9.17, 15) is 14.7 Å². The molecule has 1 heterocycles. The van der Waals surface area contributed by atoms with Gasteiger partial charge < -0.3 is 19.9 Å². The number of aliphatic hydroxyl groups excluding tert-OH is 1. The Kier molecular flexibility index (Phi) is 6.69. The summed E-state index contributed by atoms with van der Waals surface area (Å²) >= 11 is 12.5.